The molecule has 1 aromatic rings. The lowest BCUT2D eigenvalue weighted by atomic mass is 9.86. The minimum atomic E-state index is 1.27. The summed E-state index contributed by atoms with van der Waals surface area (Å²) < 4.78 is 0. The first kappa shape index (κ1) is 17.3. The van der Waals surface area contributed by atoms with E-state index in [-0.39, 0.29) is 0 Å². The van der Waals surface area contributed by atoms with Gasteiger partial charge in [-0.2, -0.15) is 0 Å². The van der Waals surface area contributed by atoms with Crippen molar-refractivity contribution in [2.75, 3.05) is 0 Å². The van der Waals surface area contributed by atoms with E-state index in [0.29, 0.717) is 0 Å². The molecule has 0 heteroatoms. The largest absolute Gasteiger partial charge is 0.0654 e. The van der Waals surface area contributed by atoms with E-state index < -0.39 is 0 Å². The van der Waals surface area contributed by atoms with Crippen LogP contribution in [-0.2, 0) is 19.3 Å². The van der Waals surface area contributed by atoms with Crippen LogP contribution in [0.3, 0.4) is 0 Å². The lowest BCUT2D eigenvalue weighted by Gasteiger charge is -2.20. The quantitative estimate of drug-likeness (QED) is 0.493. The zero-order valence-corrected chi connectivity index (χ0v) is 14.4. The zero-order valence-electron chi connectivity index (χ0n) is 14.4. The van der Waals surface area contributed by atoms with Crippen LogP contribution >= 0.6 is 0 Å². The average Bonchev–Trinajstić information content (AvgIpc) is 2.45. The first-order chi connectivity index (χ1) is 9.65. The molecule has 0 aliphatic heterocycles. The van der Waals surface area contributed by atoms with E-state index in [1.165, 1.54) is 63.4 Å². The summed E-state index contributed by atoms with van der Waals surface area (Å²) in [6, 6.07) is 2.48. The Morgan fingerprint density at radius 2 is 1.20 bits per heavy atom. The van der Waals surface area contributed by atoms with Gasteiger partial charge in [-0.25, -0.2) is 0 Å². The number of rotatable bonds is 9. The van der Waals surface area contributed by atoms with Gasteiger partial charge in [-0.1, -0.05) is 46.1 Å². The van der Waals surface area contributed by atoms with Crippen LogP contribution in [-0.4, -0.2) is 0 Å². The molecule has 20 heavy (non-hydrogen) atoms. The van der Waals surface area contributed by atoms with E-state index in [9.17, 15) is 0 Å². The van der Waals surface area contributed by atoms with E-state index >= 15 is 0 Å². The molecule has 0 heterocycles. The van der Waals surface area contributed by atoms with Crippen LogP contribution in [0.5, 0.6) is 0 Å². The zero-order chi connectivity index (χ0) is 15.0. The fraction of sp³-hybridized carbons (Fsp3) is 0.700. The van der Waals surface area contributed by atoms with Crippen molar-refractivity contribution in [2.24, 2.45) is 0 Å². The van der Waals surface area contributed by atoms with E-state index in [0.717, 1.165) is 0 Å². The normalized spacial score (nSPS) is 11.1. The van der Waals surface area contributed by atoms with Gasteiger partial charge >= 0.3 is 0 Å². The Bertz CT molecular complexity index is 401. The summed E-state index contributed by atoms with van der Waals surface area (Å²) in [6.07, 6.45) is 11.7. The lowest BCUT2D eigenvalue weighted by molar-refractivity contribution is 0.730. The van der Waals surface area contributed by atoms with Crippen molar-refractivity contribution in [3.05, 3.63) is 33.9 Å². The first-order valence-electron chi connectivity index (χ1n) is 8.76. The molecule has 0 saturated carbocycles. The second kappa shape index (κ2) is 9.21. The molecular formula is C20H34. The van der Waals surface area contributed by atoms with E-state index in [2.05, 4.69) is 40.7 Å². The van der Waals surface area contributed by atoms with Gasteiger partial charge in [0.05, 0.1) is 0 Å². The first-order valence-corrected chi connectivity index (χ1v) is 8.76. The van der Waals surface area contributed by atoms with E-state index in [1.807, 2.05) is 0 Å². The second-order valence-electron chi connectivity index (χ2n) is 6.25. The molecule has 0 spiro atoms. The molecule has 0 aromatic heterocycles. The Kier molecular flexibility index (Phi) is 7.95. The number of aryl methyl sites for hydroxylation is 2. The molecule has 0 radical (unpaired) electrons. The molecule has 0 aliphatic carbocycles. The highest BCUT2D eigenvalue weighted by molar-refractivity contribution is 5.45. The van der Waals surface area contributed by atoms with E-state index in [1.54, 1.807) is 22.3 Å². The predicted octanol–water partition coefficient (Wildman–Crippen LogP) is 6.33. The highest BCUT2D eigenvalue weighted by atomic mass is 14.2. The van der Waals surface area contributed by atoms with Crippen molar-refractivity contribution in [3.63, 3.8) is 0 Å². The van der Waals surface area contributed by atoms with Crippen LogP contribution < -0.4 is 0 Å². The van der Waals surface area contributed by atoms with Crippen molar-refractivity contribution in [2.45, 2.75) is 92.4 Å². The van der Waals surface area contributed by atoms with E-state index in [4.69, 9.17) is 0 Å². The SMILES string of the molecule is CCCCc1cc(C)c(C)c(CCCC)c1CCCC. The van der Waals surface area contributed by atoms with Crippen molar-refractivity contribution < 1.29 is 0 Å². The molecule has 0 aliphatic rings. The van der Waals surface area contributed by atoms with Crippen LogP contribution in [0, 0.1) is 13.8 Å². The Morgan fingerprint density at radius 3 is 1.75 bits per heavy atom. The highest BCUT2D eigenvalue weighted by Crippen LogP contribution is 2.27. The van der Waals surface area contributed by atoms with Crippen LogP contribution in [0.15, 0.2) is 6.07 Å². The van der Waals surface area contributed by atoms with Crippen LogP contribution in [0.2, 0.25) is 0 Å². The molecule has 114 valence electrons. The second-order valence-corrected chi connectivity index (χ2v) is 6.25. The molecule has 0 saturated heterocycles. The number of benzene rings is 1. The smallest absolute Gasteiger partial charge is 0.0273 e. The average molecular weight is 274 g/mol. The Balaban J connectivity index is 3.15. The topological polar surface area (TPSA) is 0 Å². The monoisotopic (exact) mass is 274 g/mol. The summed E-state index contributed by atoms with van der Waals surface area (Å²) in [5.74, 6) is 0. The Morgan fingerprint density at radius 1 is 0.700 bits per heavy atom. The van der Waals surface area contributed by atoms with Gasteiger partial charge in [-0.15, -0.1) is 0 Å². The Hall–Kier alpha value is -0.780. The van der Waals surface area contributed by atoms with Crippen LogP contribution in [0.4, 0.5) is 0 Å². The third kappa shape index (κ3) is 4.65. The maximum absolute atomic E-state index is 2.48. The molecule has 0 bridgehead atoms. The molecule has 0 atom stereocenters. The molecule has 1 rings (SSSR count). The van der Waals surface area contributed by atoms with Crippen molar-refractivity contribution in [3.8, 4) is 0 Å². The van der Waals surface area contributed by atoms with Gasteiger partial charge in [0.15, 0.2) is 0 Å². The molecule has 0 nitrogen and oxygen atoms in total. The van der Waals surface area contributed by atoms with Gasteiger partial charge in [0.2, 0.25) is 0 Å². The molecule has 0 N–H and O–H groups in total. The fourth-order valence-corrected chi connectivity index (χ4v) is 3.06. The van der Waals surface area contributed by atoms with Gasteiger partial charge in [-0.3, -0.25) is 0 Å². The van der Waals surface area contributed by atoms with Crippen LogP contribution in [0.1, 0.15) is 87.1 Å². The van der Waals surface area contributed by atoms with Gasteiger partial charge in [-0.05, 0) is 80.2 Å². The molecular weight excluding hydrogens is 240 g/mol. The predicted molar refractivity (Wildman–Crippen MR) is 91.8 cm³/mol. The third-order valence-electron chi connectivity index (χ3n) is 4.55. The summed E-state index contributed by atoms with van der Waals surface area (Å²) in [7, 11) is 0. The summed E-state index contributed by atoms with van der Waals surface area (Å²) >= 11 is 0. The summed E-state index contributed by atoms with van der Waals surface area (Å²) in [6.45, 7) is 11.5. The Labute approximate surface area is 127 Å². The van der Waals surface area contributed by atoms with Crippen molar-refractivity contribution in [1.82, 2.24) is 0 Å². The molecule has 0 unspecified atom stereocenters. The number of unbranched alkanes of at least 4 members (excludes halogenated alkanes) is 3. The minimum Gasteiger partial charge on any atom is -0.0654 e. The number of hydrogen-bond acceptors (Lipinski definition) is 0. The van der Waals surface area contributed by atoms with Gasteiger partial charge in [0.1, 0.15) is 0 Å². The van der Waals surface area contributed by atoms with Gasteiger partial charge < -0.3 is 0 Å². The third-order valence-corrected chi connectivity index (χ3v) is 4.55. The van der Waals surface area contributed by atoms with Crippen LogP contribution in [0.25, 0.3) is 0 Å². The molecule has 1 aromatic carbocycles. The maximum atomic E-state index is 2.48. The van der Waals surface area contributed by atoms with Gasteiger partial charge in [0, 0.05) is 0 Å². The fourth-order valence-electron chi connectivity index (χ4n) is 3.06. The minimum absolute atomic E-state index is 1.27. The van der Waals surface area contributed by atoms with Crippen molar-refractivity contribution >= 4 is 0 Å². The highest BCUT2D eigenvalue weighted by Gasteiger charge is 2.13. The lowest BCUT2D eigenvalue weighted by Crippen LogP contribution is -2.06. The molecule has 0 amide bonds. The number of hydrogen-bond donors (Lipinski definition) is 0. The van der Waals surface area contributed by atoms with Gasteiger partial charge in [0.25, 0.3) is 0 Å². The summed E-state index contributed by atoms with van der Waals surface area (Å²) in [5.41, 5.74) is 8.10. The van der Waals surface area contributed by atoms with Crippen molar-refractivity contribution in [1.29, 1.82) is 0 Å². The summed E-state index contributed by atoms with van der Waals surface area (Å²) in [5, 5.41) is 0. The molecule has 0 fully saturated rings. The summed E-state index contributed by atoms with van der Waals surface area (Å²) in [4.78, 5) is 0. The standard InChI is InChI=1S/C20H34/c1-6-9-12-18-15-16(4)17(5)19(13-10-7-2)20(18)14-11-8-3/h15H,6-14H2,1-5H3. The maximum Gasteiger partial charge on any atom is -0.0273 e.